The topological polar surface area (TPSA) is 0 Å². The van der Waals surface area contributed by atoms with E-state index in [1.54, 1.807) is 24.3 Å². The largest absolute Gasteiger partial charge is 0.416 e. The molecule has 0 heterocycles. The predicted molar refractivity (Wildman–Crippen MR) is 218 cm³/mol. The van der Waals surface area contributed by atoms with Gasteiger partial charge in [0.15, 0.2) is 0 Å². The molecule has 0 atom stereocenters. The molecule has 0 aromatic heterocycles. The van der Waals surface area contributed by atoms with E-state index in [-0.39, 0.29) is 0 Å². The molecule has 272 valence electrons. The molecule has 10 aromatic carbocycles. The molecule has 0 aliphatic heterocycles. The molecule has 0 spiro atoms. The molecule has 0 nitrogen and oxygen atoms in total. The van der Waals surface area contributed by atoms with E-state index >= 15 is 0 Å². The molecule has 56 heavy (non-hydrogen) atoms. The maximum atomic E-state index is 13.9. The van der Waals surface area contributed by atoms with E-state index in [1.165, 1.54) is 0 Å². The summed E-state index contributed by atoms with van der Waals surface area (Å²) >= 11 is 0. The fourth-order valence-corrected chi connectivity index (χ4v) is 8.93. The van der Waals surface area contributed by atoms with E-state index in [0.717, 1.165) is 123 Å². The van der Waals surface area contributed by atoms with Crippen molar-refractivity contribution in [1.82, 2.24) is 0 Å². The van der Waals surface area contributed by atoms with Gasteiger partial charge in [-0.25, -0.2) is 0 Å². The third-order valence-electron chi connectivity index (χ3n) is 11.5. The Kier molecular flexibility index (Phi) is 7.34. The lowest BCUT2D eigenvalue weighted by Crippen LogP contribution is -2.04. The summed E-state index contributed by atoms with van der Waals surface area (Å²) in [6, 6.07) is 43.9. The van der Waals surface area contributed by atoms with Crippen molar-refractivity contribution in [1.29, 1.82) is 0 Å². The summed E-state index contributed by atoms with van der Waals surface area (Å²) in [6.45, 7) is 4.11. The minimum absolute atomic E-state index is 0.656. The predicted octanol–water partition coefficient (Wildman–Crippen LogP) is 15.7. The van der Waals surface area contributed by atoms with Crippen LogP contribution in [-0.2, 0) is 12.4 Å². The van der Waals surface area contributed by atoms with Crippen LogP contribution in [0.2, 0.25) is 0 Å². The van der Waals surface area contributed by atoms with Crippen LogP contribution in [0.1, 0.15) is 22.3 Å². The first kappa shape index (κ1) is 34.1. The molecule has 0 aliphatic carbocycles. The number of benzene rings is 10. The Morgan fingerprint density at radius 3 is 1.07 bits per heavy atom. The number of alkyl halides is 6. The van der Waals surface area contributed by atoms with Crippen molar-refractivity contribution in [3.05, 3.63) is 168 Å². The monoisotopic (exact) mass is 744 g/mol. The van der Waals surface area contributed by atoms with Gasteiger partial charge in [0.1, 0.15) is 0 Å². The summed E-state index contributed by atoms with van der Waals surface area (Å²) < 4.78 is 83.1. The Bertz CT molecular complexity index is 2930. The molecule has 0 bridgehead atoms. The van der Waals surface area contributed by atoms with E-state index in [9.17, 15) is 26.3 Å². The summed E-state index contributed by atoms with van der Waals surface area (Å²) in [7, 11) is 0. The zero-order valence-electron chi connectivity index (χ0n) is 30.1. The van der Waals surface area contributed by atoms with Gasteiger partial charge in [-0.1, -0.05) is 97.1 Å². The van der Waals surface area contributed by atoms with Crippen molar-refractivity contribution in [3.63, 3.8) is 0 Å². The van der Waals surface area contributed by atoms with Crippen LogP contribution < -0.4 is 0 Å². The Balaban J connectivity index is 1.41. The molecule has 10 rings (SSSR count). The molecular formula is C50H30F6. The third kappa shape index (κ3) is 5.16. The first-order valence-corrected chi connectivity index (χ1v) is 18.3. The zero-order valence-corrected chi connectivity index (χ0v) is 30.1. The average molecular weight is 745 g/mol. The zero-order chi connectivity index (χ0) is 38.7. The van der Waals surface area contributed by atoms with Crippen molar-refractivity contribution in [2.75, 3.05) is 0 Å². The third-order valence-corrected chi connectivity index (χ3v) is 11.5. The van der Waals surface area contributed by atoms with Gasteiger partial charge in [-0.15, -0.1) is 0 Å². The van der Waals surface area contributed by atoms with Crippen LogP contribution >= 0.6 is 0 Å². The molecule has 0 amide bonds. The van der Waals surface area contributed by atoms with Gasteiger partial charge >= 0.3 is 12.4 Å². The first-order valence-electron chi connectivity index (χ1n) is 18.3. The van der Waals surface area contributed by atoms with Gasteiger partial charge in [0.05, 0.1) is 11.1 Å². The molecule has 0 fully saturated rings. The van der Waals surface area contributed by atoms with Crippen molar-refractivity contribution < 1.29 is 26.3 Å². The minimum Gasteiger partial charge on any atom is -0.166 e. The summed E-state index contributed by atoms with van der Waals surface area (Å²) in [6.07, 6.45) is -8.98. The molecule has 10 aromatic rings. The van der Waals surface area contributed by atoms with E-state index in [4.69, 9.17) is 0 Å². The maximum absolute atomic E-state index is 13.9. The van der Waals surface area contributed by atoms with Crippen molar-refractivity contribution >= 4 is 53.9 Å². The summed E-state index contributed by atoms with van der Waals surface area (Å²) in [5.41, 5.74) is 7.74. The highest BCUT2D eigenvalue weighted by Gasteiger charge is 2.32. The quantitative estimate of drug-likeness (QED) is 0.0956. The second kappa shape index (κ2) is 12.0. The van der Waals surface area contributed by atoms with E-state index in [0.29, 0.717) is 11.1 Å². The molecule has 0 saturated heterocycles. The van der Waals surface area contributed by atoms with Crippen LogP contribution in [0.15, 0.2) is 146 Å². The number of hydrogen-bond acceptors (Lipinski definition) is 0. The van der Waals surface area contributed by atoms with Crippen LogP contribution in [0.4, 0.5) is 26.3 Å². The van der Waals surface area contributed by atoms with Gasteiger partial charge in [-0.2, -0.15) is 26.3 Å². The second-order valence-electron chi connectivity index (χ2n) is 14.8. The Hall–Kier alpha value is -6.40. The number of hydrogen-bond donors (Lipinski definition) is 0. The summed E-state index contributed by atoms with van der Waals surface area (Å²) in [5, 5.41) is 9.30. The molecule has 0 radical (unpaired) electrons. The number of rotatable bonds is 4. The first-order chi connectivity index (χ1) is 26.9. The Morgan fingerprint density at radius 2 is 0.714 bits per heavy atom. The van der Waals surface area contributed by atoms with Crippen LogP contribution in [0, 0.1) is 13.8 Å². The van der Waals surface area contributed by atoms with Gasteiger partial charge < -0.3 is 0 Å². The molecule has 6 heteroatoms. The molecule has 0 N–H and O–H groups in total. The average Bonchev–Trinajstić information content (AvgIpc) is 3.18. The highest BCUT2D eigenvalue weighted by Crippen LogP contribution is 2.53. The highest BCUT2D eigenvalue weighted by molar-refractivity contribution is 6.43. The summed E-state index contributed by atoms with van der Waals surface area (Å²) in [5.74, 6) is 0. The molecule has 0 unspecified atom stereocenters. The minimum atomic E-state index is -4.49. The van der Waals surface area contributed by atoms with Crippen LogP contribution in [0.5, 0.6) is 0 Å². The number of aryl methyl sites for hydroxylation is 2. The van der Waals surface area contributed by atoms with Crippen LogP contribution in [-0.4, -0.2) is 0 Å². The van der Waals surface area contributed by atoms with Gasteiger partial charge in [0.2, 0.25) is 0 Å². The van der Waals surface area contributed by atoms with E-state index < -0.39 is 23.5 Å². The van der Waals surface area contributed by atoms with Crippen molar-refractivity contribution in [2.45, 2.75) is 26.2 Å². The lowest BCUT2D eigenvalue weighted by atomic mass is 9.78. The van der Waals surface area contributed by atoms with Gasteiger partial charge in [-0.3, -0.25) is 0 Å². The SMILES string of the molecule is Cc1ccccc1-c1cc2ccc3c(-c4ccc(C(F)(F)F)cc4)c4cc(-c5ccccc5C)cc5ccc6c(-c7ccc(C(F)(F)F)cc7)c(c1)c2c3c6c54. The lowest BCUT2D eigenvalue weighted by Gasteiger charge is -2.25. The van der Waals surface area contributed by atoms with Crippen LogP contribution in [0.25, 0.3) is 98.4 Å². The Morgan fingerprint density at radius 1 is 0.339 bits per heavy atom. The standard InChI is InChI=1S/C50H30F6/c1-27-7-3-5-9-37(27)33-23-31-15-21-40-44(30-13-19-36(20-14-30)50(54,55)56)42-26-34(38-10-6-4-8-28(38)2)24-32-16-22-39-43(29-11-17-35(18-12-29)49(51,52)53)41(25-33)45(31)47(40)48(39)46(32)42/h3-26H,1-2H3. The van der Waals surface area contributed by atoms with Gasteiger partial charge in [0, 0.05) is 0 Å². The highest BCUT2D eigenvalue weighted by atomic mass is 19.4. The van der Waals surface area contributed by atoms with Gasteiger partial charge in [0.25, 0.3) is 0 Å². The normalized spacial score (nSPS) is 12.6. The molecule has 0 saturated carbocycles. The fourth-order valence-electron chi connectivity index (χ4n) is 8.93. The lowest BCUT2D eigenvalue weighted by molar-refractivity contribution is -0.138. The fraction of sp³-hybridized carbons (Fsp3) is 0.0800. The van der Waals surface area contributed by atoms with E-state index in [1.807, 2.05) is 24.3 Å². The van der Waals surface area contributed by atoms with Crippen molar-refractivity contribution in [2.24, 2.45) is 0 Å². The second-order valence-corrected chi connectivity index (χ2v) is 14.8. The van der Waals surface area contributed by atoms with Gasteiger partial charge in [-0.05, 0) is 172 Å². The maximum Gasteiger partial charge on any atom is 0.416 e. The molecule has 0 aliphatic rings. The molecular weight excluding hydrogens is 715 g/mol. The van der Waals surface area contributed by atoms with E-state index in [2.05, 4.69) is 86.6 Å². The summed E-state index contributed by atoms with van der Waals surface area (Å²) in [4.78, 5) is 0. The number of halogens is 6. The Labute approximate surface area is 317 Å². The smallest absolute Gasteiger partial charge is 0.166 e. The van der Waals surface area contributed by atoms with Crippen LogP contribution in [0.3, 0.4) is 0 Å². The van der Waals surface area contributed by atoms with Crippen molar-refractivity contribution in [3.8, 4) is 44.5 Å².